The lowest BCUT2D eigenvalue weighted by atomic mass is 10.1. The molecule has 0 saturated heterocycles. The molecule has 1 fully saturated rings. The smallest absolute Gasteiger partial charge is 0.191 e. The molecule has 29 heavy (non-hydrogen) atoms. The molecule has 158 valence electrons. The molecule has 2 aromatic rings. The van der Waals surface area contributed by atoms with Gasteiger partial charge in [0.15, 0.2) is 17.5 Å². The summed E-state index contributed by atoms with van der Waals surface area (Å²) >= 11 is 5.80. The largest absolute Gasteiger partial charge is 0.490 e. The monoisotopic (exact) mass is 532 g/mol. The molecule has 1 aromatic carbocycles. The summed E-state index contributed by atoms with van der Waals surface area (Å²) in [7, 11) is 1.71. The maximum atomic E-state index is 14.3. The molecule has 1 aliphatic carbocycles. The maximum absolute atomic E-state index is 14.3. The molecule has 1 atom stereocenters. The van der Waals surface area contributed by atoms with Crippen molar-refractivity contribution in [2.45, 2.75) is 32.2 Å². The Morgan fingerprint density at radius 3 is 2.76 bits per heavy atom. The molecule has 1 heterocycles. The zero-order valence-corrected chi connectivity index (χ0v) is 19.7. The highest BCUT2D eigenvalue weighted by molar-refractivity contribution is 14.0. The van der Waals surface area contributed by atoms with Crippen LogP contribution in [-0.2, 0) is 6.42 Å². The van der Waals surface area contributed by atoms with Crippen molar-refractivity contribution in [3.05, 3.63) is 58.6 Å². The van der Waals surface area contributed by atoms with Crippen molar-refractivity contribution in [2.24, 2.45) is 10.9 Å². The molecule has 0 bridgehead atoms. The molecule has 5 nitrogen and oxygen atoms in total. The van der Waals surface area contributed by atoms with Crippen molar-refractivity contribution in [1.82, 2.24) is 15.6 Å². The number of halogens is 3. The third kappa shape index (κ3) is 7.62. The van der Waals surface area contributed by atoms with E-state index in [0.29, 0.717) is 35.9 Å². The first-order chi connectivity index (χ1) is 13.5. The normalized spacial score (nSPS) is 14.7. The molecule has 3 rings (SSSR count). The van der Waals surface area contributed by atoms with E-state index < -0.39 is 0 Å². The van der Waals surface area contributed by atoms with Crippen molar-refractivity contribution in [3.63, 3.8) is 0 Å². The Balaban J connectivity index is 0.00000300. The quantitative estimate of drug-likeness (QED) is 0.223. The SMILES string of the molecule is CN=C(NCCc1ccc(Cl)nc1)NC(C)c1ccc(OCC2CC2)c(F)c1.I. The third-order valence-corrected chi connectivity index (χ3v) is 4.92. The Morgan fingerprint density at radius 2 is 2.14 bits per heavy atom. The first-order valence-electron chi connectivity index (χ1n) is 9.55. The van der Waals surface area contributed by atoms with E-state index in [-0.39, 0.29) is 35.8 Å². The Hall–Kier alpha value is -1.61. The van der Waals surface area contributed by atoms with E-state index >= 15 is 0 Å². The van der Waals surface area contributed by atoms with Gasteiger partial charge < -0.3 is 15.4 Å². The van der Waals surface area contributed by atoms with Gasteiger partial charge in [-0.2, -0.15) is 0 Å². The summed E-state index contributed by atoms with van der Waals surface area (Å²) in [5, 5.41) is 7.02. The Kier molecular flexibility index (Phi) is 9.42. The van der Waals surface area contributed by atoms with Gasteiger partial charge in [-0.25, -0.2) is 9.37 Å². The van der Waals surface area contributed by atoms with Gasteiger partial charge >= 0.3 is 0 Å². The van der Waals surface area contributed by atoms with Crippen molar-refractivity contribution in [3.8, 4) is 5.75 Å². The minimum absolute atomic E-state index is 0. The lowest BCUT2D eigenvalue weighted by Crippen LogP contribution is -2.39. The Bertz CT molecular complexity index is 815. The first kappa shape index (κ1) is 23.7. The average molecular weight is 533 g/mol. The van der Waals surface area contributed by atoms with E-state index in [4.69, 9.17) is 16.3 Å². The fourth-order valence-electron chi connectivity index (χ4n) is 2.76. The third-order valence-electron chi connectivity index (χ3n) is 4.70. The second-order valence-corrected chi connectivity index (χ2v) is 7.44. The van der Waals surface area contributed by atoms with Crippen molar-refractivity contribution < 1.29 is 9.13 Å². The average Bonchev–Trinajstić information content (AvgIpc) is 3.52. The summed E-state index contributed by atoms with van der Waals surface area (Å²) in [6.07, 6.45) is 4.92. The van der Waals surface area contributed by atoms with Gasteiger partial charge in [-0.1, -0.05) is 23.7 Å². The summed E-state index contributed by atoms with van der Waals surface area (Å²) in [6.45, 7) is 3.26. The summed E-state index contributed by atoms with van der Waals surface area (Å²) < 4.78 is 19.9. The number of aliphatic imine (C=N–C) groups is 1. The number of aromatic nitrogens is 1. The van der Waals surface area contributed by atoms with E-state index in [2.05, 4.69) is 20.6 Å². The lowest BCUT2D eigenvalue weighted by Gasteiger charge is -2.19. The number of hydrogen-bond acceptors (Lipinski definition) is 3. The van der Waals surface area contributed by atoms with E-state index in [9.17, 15) is 4.39 Å². The second kappa shape index (κ2) is 11.5. The highest BCUT2D eigenvalue weighted by Gasteiger charge is 2.22. The number of hydrogen-bond donors (Lipinski definition) is 2. The molecule has 1 saturated carbocycles. The number of nitrogens with one attached hydrogen (secondary N) is 2. The van der Waals surface area contributed by atoms with Crippen LogP contribution in [0.2, 0.25) is 5.15 Å². The van der Waals surface area contributed by atoms with Gasteiger partial charge in [-0.05, 0) is 61.4 Å². The fourth-order valence-corrected chi connectivity index (χ4v) is 2.87. The summed E-state index contributed by atoms with van der Waals surface area (Å²) in [5.74, 6) is 1.24. The molecule has 2 N–H and O–H groups in total. The molecular formula is C21H27ClFIN4O. The van der Waals surface area contributed by atoms with E-state index in [0.717, 1.165) is 17.5 Å². The first-order valence-corrected chi connectivity index (χ1v) is 9.93. The fraction of sp³-hybridized carbons (Fsp3) is 0.429. The number of ether oxygens (including phenoxy) is 1. The van der Waals surface area contributed by atoms with Crippen LogP contribution in [0.3, 0.4) is 0 Å². The van der Waals surface area contributed by atoms with Crippen molar-refractivity contribution in [1.29, 1.82) is 0 Å². The topological polar surface area (TPSA) is 58.5 Å². The van der Waals surface area contributed by atoms with E-state index in [1.807, 2.05) is 19.1 Å². The van der Waals surface area contributed by atoms with Crippen LogP contribution in [0.15, 0.2) is 41.5 Å². The number of nitrogens with zero attached hydrogens (tertiary/aromatic N) is 2. The molecule has 1 unspecified atom stereocenters. The number of rotatable bonds is 8. The summed E-state index contributed by atoms with van der Waals surface area (Å²) in [6, 6.07) is 8.73. The Morgan fingerprint density at radius 1 is 1.34 bits per heavy atom. The standard InChI is InChI=1S/C21H26ClFN4O.HI/c1-14(17-6-7-19(18(23)11-17)28-13-16-3-4-16)27-21(24-2)25-10-9-15-5-8-20(22)26-12-15;/h5-8,11-12,14,16H,3-4,9-10,13H2,1-2H3,(H2,24,25,27);1H. The zero-order chi connectivity index (χ0) is 19.9. The lowest BCUT2D eigenvalue weighted by molar-refractivity contribution is 0.285. The van der Waals surface area contributed by atoms with Crippen molar-refractivity contribution in [2.75, 3.05) is 20.2 Å². The second-order valence-electron chi connectivity index (χ2n) is 7.05. The van der Waals surface area contributed by atoms with Gasteiger partial charge in [0.2, 0.25) is 0 Å². The van der Waals surface area contributed by atoms with E-state index in [1.54, 1.807) is 25.4 Å². The maximum Gasteiger partial charge on any atom is 0.191 e. The minimum Gasteiger partial charge on any atom is -0.490 e. The van der Waals surface area contributed by atoms with Crippen LogP contribution < -0.4 is 15.4 Å². The molecule has 0 spiro atoms. The van der Waals surface area contributed by atoms with Gasteiger partial charge in [-0.15, -0.1) is 24.0 Å². The minimum atomic E-state index is -0.329. The molecule has 8 heteroatoms. The van der Waals surface area contributed by atoms with Crippen LogP contribution in [0, 0.1) is 11.7 Å². The predicted molar refractivity (Wildman–Crippen MR) is 126 cm³/mol. The summed E-state index contributed by atoms with van der Waals surface area (Å²) in [5.41, 5.74) is 1.92. The van der Waals surface area contributed by atoms with Crippen LogP contribution in [0.1, 0.15) is 36.9 Å². The van der Waals surface area contributed by atoms with Gasteiger partial charge in [0.1, 0.15) is 5.15 Å². The molecule has 0 aliphatic heterocycles. The van der Waals surface area contributed by atoms with Gasteiger partial charge in [-0.3, -0.25) is 4.99 Å². The summed E-state index contributed by atoms with van der Waals surface area (Å²) in [4.78, 5) is 8.31. The highest BCUT2D eigenvalue weighted by atomic mass is 127. The van der Waals surface area contributed by atoms with Crippen molar-refractivity contribution >= 4 is 41.5 Å². The highest BCUT2D eigenvalue weighted by Crippen LogP contribution is 2.30. The van der Waals surface area contributed by atoms with Gasteiger partial charge in [0.05, 0.1) is 12.6 Å². The molecule has 1 aliphatic rings. The molecule has 1 aromatic heterocycles. The Labute approximate surface area is 193 Å². The molecule has 0 radical (unpaired) electrons. The van der Waals surface area contributed by atoms with Gasteiger partial charge in [0, 0.05) is 19.8 Å². The number of pyridine rings is 1. The van der Waals surface area contributed by atoms with Crippen LogP contribution >= 0.6 is 35.6 Å². The van der Waals surface area contributed by atoms with Crippen LogP contribution in [-0.4, -0.2) is 31.1 Å². The predicted octanol–water partition coefficient (Wildman–Crippen LogP) is 4.75. The number of guanidine groups is 1. The molecular weight excluding hydrogens is 506 g/mol. The van der Waals surface area contributed by atoms with E-state index in [1.165, 1.54) is 18.9 Å². The zero-order valence-electron chi connectivity index (χ0n) is 16.6. The van der Waals surface area contributed by atoms with Crippen LogP contribution in [0.25, 0.3) is 0 Å². The number of benzene rings is 1. The van der Waals surface area contributed by atoms with Crippen LogP contribution in [0.4, 0.5) is 4.39 Å². The van der Waals surface area contributed by atoms with Crippen LogP contribution in [0.5, 0.6) is 5.75 Å². The molecule has 0 amide bonds. The van der Waals surface area contributed by atoms with Gasteiger partial charge in [0.25, 0.3) is 0 Å².